The zero-order valence-corrected chi connectivity index (χ0v) is 19.5. The molecule has 4 aromatic rings. The van der Waals surface area contributed by atoms with Crippen molar-refractivity contribution in [3.8, 4) is 5.69 Å². The van der Waals surface area contributed by atoms with E-state index in [4.69, 9.17) is 12.2 Å². The van der Waals surface area contributed by atoms with Gasteiger partial charge >= 0.3 is 0 Å². The van der Waals surface area contributed by atoms with E-state index in [1.807, 2.05) is 53.6 Å². The quantitative estimate of drug-likeness (QED) is 0.377. The van der Waals surface area contributed by atoms with Gasteiger partial charge in [0, 0.05) is 37.3 Å². The smallest absolute Gasteiger partial charge is 0.226 e. The van der Waals surface area contributed by atoms with E-state index >= 15 is 0 Å². The molecule has 1 aliphatic heterocycles. The number of aromatic nitrogens is 3. The molecule has 2 atom stereocenters. The number of amides is 1. The van der Waals surface area contributed by atoms with Gasteiger partial charge in [0.25, 0.3) is 0 Å². The van der Waals surface area contributed by atoms with Crippen LogP contribution < -0.4 is 10.6 Å². The molecule has 5 rings (SSSR count). The average Bonchev–Trinajstić information content (AvgIpc) is 3.49. The summed E-state index contributed by atoms with van der Waals surface area (Å²) in [5.41, 5.74) is 2.91. The fourth-order valence-electron chi connectivity index (χ4n) is 4.33. The first kappa shape index (κ1) is 22.7. The van der Waals surface area contributed by atoms with E-state index in [2.05, 4.69) is 25.2 Å². The van der Waals surface area contributed by atoms with Gasteiger partial charge in [0.2, 0.25) is 5.91 Å². The van der Waals surface area contributed by atoms with Gasteiger partial charge in [0.1, 0.15) is 5.82 Å². The summed E-state index contributed by atoms with van der Waals surface area (Å²) in [5, 5.41) is 6.57. The molecule has 0 aliphatic carbocycles. The number of halogens is 1. The highest BCUT2D eigenvalue weighted by atomic mass is 32.1. The molecule has 4 heterocycles. The van der Waals surface area contributed by atoms with Gasteiger partial charge in [-0.15, -0.1) is 0 Å². The summed E-state index contributed by atoms with van der Waals surface area (Å²) < 4.78 is 16.0. The largest absolute Gasteiger partial charge is 0.352 e. The first-order chi connectivity index (χ1) is 17.1. The molecule has 9 heteroatoms. The number of nitrogens with zero attached hydrogens (tertiary/aromatic N) is 4. The van der Waals surface area contributed by atoms with Gasteiger partial charge in [-0.1, -0.05) is 18.2 Å². The molecule has 0 unspecified atom stereocenters. The number of pyridine rings is 2. The monoisotopic (exact) mass is 486 g/mol. The van der Waals surface area contributed by atoms with Crippen LogP contribution >= 0.6 is 12.2 Å². The Morgan fingerprint density at radius 1 is 1.06 bits per heavy atom. The van der Waals surface area contributed by atoms with Gasteiger partial charge < -0.3 is 20.1 Å². The lowest BCUT2D eigenvalue weighted by molar-refractivity contribution is -0.116. The maximum Gasteiger partial charge on any atom is 0.226 e. The summed E-state index contributed by atoms with van der Waals surface area (Å²) in [4.78, 5) is 23.5. The normalized spacial score (nSPS) is 17.3. The van der Waals surface area contributed by atoms with Gasteiger partial charge in [0.05, 0.1) is 35.3 Å². The third-order valence-electron chi connectivity index (χ3n) is 5.93. The molecular weight excluding hydrogens is 463 g/mol. The summed E-state index contributed by atoms with van der Waals surface area (Å²) in [5.74, 6) is -0.762. The molecule has 1 aliphatic rings. The molecule has 2 N–H and O–H groups in total. The summed E-state index contributed by atoms with van der Waals surface area (Å²) in [6.07, 6.45) is 7.39. The van der Waals surface area contributed by atoms with Crippen LogP contribution in [0.4, 0.5) is 10.1 Å². The van der Waals surface area contributed by atoms with Crippen molar-refractivity contribution < 1.29 is 9.18 Å². The van der Waals surface area contributed by atoms with E-state index in [0.717, 1.165) is 17.1 Å². The maximum atomic E-state index is 14.0. The second-order valence-electron chi connectivity index (χ2n) is 8.11. The SMILES string of the molecule is O=C(CCN1C(=S)N[C@H](c2ccccn2)[C@H]1c1cccn1-c1cccnc1)Nc1ccccc1F. The standard InChI is InChI=1S/C26H23FN6OS/c27-19-8-1-2-9-20(19)30-23(34)12-16-33-25(24(31-26(33)35)21-10-3-4-14-29-21)22-11-6-15-32(22)18-7-5-13-28-17-18/h1-11,13-15,17,24-25H,12,16H2,(H,30,34)(H,31,35)/t24-,25-/m1/s1. The minimum Gasteiger partial charge on any atom is -0.352 e. The minimum atomic E-state index is -0.471. The molecule has 0 radical (unpaired) electrons. The third kappa shape index (κ3) is 4.76. The summed E-state index contributed by atoms with van der Waals surface area (Å²) in [7, 11) is 0. The van der Waals surface area contributed by atoms with Crippen LogP contribution in [0.25, 0.3) is 5.69 Å². The fourth-order valence-corrected chi connectivity index (χ4v) is 4.66. The topological polar surface area (TPSA) is 75.1 Å². The van der Waals surface area contributed by atoms with Crippen molar-refractivity contribution in [3.05, 3.63) is 109 Å². The first-order valence-electron chi connectivity index (χ1n) is 11.2. The van der Waals surface area contributed by atoms with E-state index in [1.165, 1.54) is 12.1 Å². The van der Waals surface area contributed by atoms with Gasteiger partial charge in [0.15, 0.2) is 5.11 Å². The van der Waals surface area contributed by atoms with Crippen molar-refractivity contribution in [1.29, 1.82) is 0 Å². The van der Waals surface area contributed by atoms with Crippen molar-refractivity contribution in [2.45, 2.75) is 18.5 Å². The number of para-hydroxylation sites is 1. The van der Waals surface area contributed by atoms with E-state index in [1.54, 1.807) is 30.7 Å². The van der Waals surface area contributed by atoms with E-state index in [0.29, 0.717) is 11.7 Å². The average molecular weight is 487 g/mol. The molecule has 0 spiro atoms. The Bertz CT molecular complexity index is 1330. The van der Waals surface area contributed by atoms with Gasteiger partial charge in [-0.3, -0.25) is 14.8 Å². The van der Waals surface area contributed by atoms with Crippen LogP contribution in [-0.4, -0.2) is 37.0 Å². The van der Waals surface area contributed by atoms with Crippen molar-refractivity contribution in [2.24, 2.45) is 0 Å². The zero-order chi connectivity index (χ0) is 24.2. The number of carbonyl (C=O) groups is 1. The molecule has 1 fully saturated rings. The second kappa shape index (κ2) is 10.0. The van der Waals surface area contributed by atoms with Crippen LogP contribution in [-0.2, 0) is 4.79 Å². The predicted molar refractivity (Wildman–Crippen MR) is 135 cm³/mol. The lowest BCUT2D eigenvalue weighted by atomic mass is 10.0. The molecule has 35 heavy (non-hydrogen) atoms. The van der Waals surface area contributed by atoms with Crippen molar-refractivity contribution >= 4 is 28.9 Å². The van der Waals surface area contributed by atoms with E-state index in [-0.39, 0.29) is 30.1 Å². The molecule has 7 nitrogen and oxygen atoms in total. The van der Waals surface area contributed by atoms with E-state index in [9.17, 15) is 9.18 Å². The number of hydrogen-bond acceptors (Lipinski definition) is 4. The van der Waals surface area contributed by atoms with Crippen molar-refractivity contribution in [2.75, 3.05) is 11.9 Å². The van der Waals surface area contributed by atoms with Crippen molar-refractivity contribution in [1.82, 2.24) is 24.8 Å². The molecular formula is C26H23FN6OS. The van der Waals surface area contributed by atoms with Gasteiger partial charge in [-0.05, 0) is 60.7 Å². The number of rotatable bonds is 7. The molecule has 3 aromatic heterocycles. The van der Waals surface area contributed by atoms with Crippen LogP contribution in [0, 0.1) is 5.82 Å². The van der Waals surface area contributed by atoms with Crippen molar-refractivity contribution in [3.63, 3.8) is 0 Å². The Balaban J connectivity index is 1.44. The maximum absolute atomic E-state index is 14.0. The van der Waals surface area contributed by atoms with Crippen LogP contribution in [0.5, 0.6) is 0 Å². The van der Waals surface area contributed by atoms with Crippen LogP contribution in [0.1, 0.15) is 29.9 Å². The lowest BCUT2D eigenvalue weighted by Crippen LogP contribution is -2.33. The molecule has 1 aromatic carbocycles. The molecule has 1 amide bonds. The van der Waals surface area contributed by atoms with Gasteiger partial charge in [-0.25, -0.2) is 4.39 Å². The summed E-state index contributed by atoms with van der Waals surface area (Å²) >= 11 is 5.70. The third-order valence-corrected chi connectivity index (χ3v) is 6.29. The number of carbonyl (C=O) groups excluding carboxylic acids is 1. The van der Waals surface area contributed by atoms with Crippen LogP contribution in [0.3, 0.4) is 0 Å². The second-order valence-corrected chi connectivity index (χ2v) is 8.50. The highest BCUT2D eigenvalue weighted by Gasteiger charge is 2.41. The Morgan fingerprint density at radius 2 is 1.91 bits per heavy atom. The minimum absolute atomic E-state index is 0.134. The number of hydrogen-bond donors (Lipinski definition) is 2. The highest BCUT2D eigenvalue weighted by molar-refractivity contribution is 7.80. The first-order valence-corrected chi connectivity index (χ1v) is 11.6. The predicted octanol–water partition coefficient (Wildman–Crippen LogP) is 4.41. The summed E-state index contributed by atoms with van der Waals surface area (Å²) in [6, 6.07) is 19.3. The number of thiocarbonyl (C=S) groups is 1. The van der Waals surface area contributed by atoms with Gasteiger partial charge in [-0.2, -0.15) is 0 Å². The van der Waals surface area contributed by atoms with Crippen LogP contribution in [0.2, 0.25) is 0 Å². The van der Waals surface area contributed by atoms with Crippen LogP contribution in [0.15, 0.2) is 91.5 Å². The Morgan fingerprint density at radius 3 is 2.69 bits per heavy atom. The number of benzene rings is 1. The molecule has 0 bridgehead atoms. The fraction of sp³-hybridized carbons (Fsp3) is 0.154. The molecule has 176 valence electrons. The number of anilines is 1. The number of nitrogens with one attached hydrogen (secondary N) is 2. The van der Waals surface area contributed by atoms with E-state index < -0.39 is 5.82 Å². The summed E-state index contributed by atoms with van der Waals surface area (Å²) in [6.45, 7) is 0.346. The Hall–Kier alpha value is -4.11. The Kier molecular flexibility index (Phi) is 6.49. The highest BCUT2D eigenvalue weighted by Crippen LogP contribution is 2.39. The lowest BCUT2D eigenvalue weighted by Gasteiger charge is -2.28. The zero-order valence-electron chi connectivity index (χ0n) is 18.7. The molecule has 1 saturated heterocycles. The molecule has 0 saturated carbocycles. The Labute approximate surface area is 207 Å².